The monoisotopic (exact) mass is 559 g/mol. The lowest BCUT2D eigenvalue weighted by Gasteiger charge is -2.12. The van der Waals surface area contributed by atoms with Crippen LogP contribution in [0, 0.1) is 10.7 Å². The molecule has 0 aliphatic heterocycles. The van der Waals surface area contributed by atoms with E-state index in [1.165, 1.54) is 0 Å². The molecule has 0 amide bonds. The van der Waals surface area contributed by atoms with E-state index in [9.17, 15) is 9.59 Å². The molecule has 1 aromatic carbocycles. The second kappa shape index (κ2) is 5.20. The van der Waals surface area contributed by atoms with Crippen molar-refractivity contribution in [2.75, 3.05) is 5.73 Å². The molecule has 0 saturated carbocycles. The lowest BCUT2D eigenvalue weighted by atomic mass is 10.1. The molecule has 0 aromatic heterocycles. The zero-order valence-corrected chi connectivity index (χ0v) is 13.9. The van der Waals surface area contributed by atoms with Gasteiger partial charge in [-0.1, -0.05) is 0 Å². The third-order valence-corrected chi connectivity index (χ3v) is 7.09. The quantitative estimate of drug-likeness (QED) is 0.294. The zero-order valence-electron chi connectivity index (χ0n) is 7.42. The maximum atomic E-state index is 11.0. The van der Waals surface area contributed by atoms with E-state index in [0.717, 1.165) is 0 Å². The van der Waals surface area contributed by atoms with Crippen molar-refractivity contribution in [2.45, 2.75) is 0 Å². The molecule has 86 valence electrons. The highest BCUT2D eigenvalue weighted by molar-refractivity contribution is 14.1. The summed E-state index contributed by atoms with van der Waals surface area (Å²) >= 11 is 5.60. The molecule has 16 heavy (non-hydrogen) atoms. The van der Waals surface area contributed by atoms with Gasteiger partial charge in [0, 0.05) is 10.7 Å². The second-order valence-electron chi connectivity index (χ2n) is 2.72. The molecule has 0 aliphatic rings. The van der Waals surface area contributed by atoms with E-state index in [4.69, 9.17) is 15.9 Å². The van der Waals surface area contributed by atoms with Gasteiger partial charge in [-0.2, -0.15) is 0 Å². The number of carboxylic acids is 2. The Morgan fingerprint density at radius 3 is 1.44 bits per heavy atom. The number of carboxylic acid groups (broad SMARTS) is 2. The van der Waals surface area contributed by atoms with Crippen LogP contribution in [0.3, 0.4) is 0 Å². The molecule has 8 heteroatoms. The summed E-state index contributed by atoms with van der Waals surface area (Å²) in [5.41, 5.74) is 5.08. The summed E-state index contributed by atoms with van der Waals surface area (Å²) in [5, 5.41) is 18.0. The van der Waals surface area contributed by atoms with Gasteiger partial charge < -0.3 is 15.9 Å². The minimum absolute atomic E-state index is 0.150. The molecular formula is C8H4I3NO4. The normalized spacial score (nSPS) is 10.2. The lowest BCUT2D eigenvalue weighted by Crippen LogP contribution is -2.15. The van der Waals surface area contributed by atoms with Crippen LogP contribution in [0.2, 0.25) is 0 Å². The molecule has 0 saturated heterocycles. The Morgan fingerprint density at radius 1 is 0.875 bits per heavy atom. The Bertz CT molecular complexity index is 460. The fourth-order valence-corrected chi connectivity index (χ4v) is 3.73. The van der Waals surface area contributed by atoms with E-state index in [2.05, 4.69) is 0 Å². The maximum absolute atomic E-state index is 11.0. The topological polar surface area (TPSA) is 101 Å². The SMILES string of the molecule is Nc1c(C(=O)O)c(I)c(I)c(I)c1C(=O)O. The fourth-order valence-electron chi connectivity index (χ4n) is 1.10. The Balaban J connectivity index is 3.80. The number of carbonyl (C=O) groups is 2. The summed E-state index contributed by atoms with van der Waals surface area (Å²) < 4.78 is 1.50. The summed E-state index contributed by atoms with van der Waals surface area (Å²) in [5.74, 6) is -2.45. The molecule has 1 aromatic rings. The van der Waals surface area contributed by atoms with Crippen molar-refractivity contribution in [3.8, 4) is 0 Å². The fraction of sp³-hybridized carbons (Fsp3) is 0. The Hall–Kier alpha value is 0.150. The summed E-state index contributed by atoms with van der Waals surface area (Å²) in [6.07, 6.45) is 0. The van der Waals surface area contributed by atoms with Gasteiger partial charge >= 0.3 is 11.9 Å². The van der Waals surface area contributed by atoms with Crippen molar-refractivity contribution in [3.05, 3.63) is 21.8 Å². The van der Waals surface area contributed by atoms with Crippen molar-refractivity contribution >= 4 is 85.4 Å². The summed E-state index contributed by atoms with van der Waals surface area (Å²) in [7, 11) is 0. The minimum Gasteiger partial charge on any atom is -0.478 e. The molecule has 0 radical (unpaired) electrons. The van der Waals surface area contributed by atoms with Crippen LogP contribution in [0.1, 0.15) is 20.7 Å². The van der Waals surface area contributed by atoms with Gasteiger partial charge in [0.1, 0.15) is 0 Å². The number of nitrogen functional groups attached to an aromatic ring is 1. The Morgan fingerprint density at radius 2 is 1.19 bits per heavy atom. The van der Waals surface area contributed by atoms with Crippen molar-refractivity contribution < 1.29 is 19.8 Å². The van der Waals surface area contributed by atoms with Gasteiger partial charge in [-0.15, -0.1) is 0 Å². The third-order valence-electron chi connectivity index (χ3n) is 1.79. The van der Waals surface area contributed by atoms with E-state index in [1.807, 2.05) is 67.8 Å². The van der Waals surface area contributed by atoms with E-state index >= 15 is 0 Å². The number of anilines is 1. The van der Waals surface area contributed by atoms with Crippen LogP contribution in [0.5, 0.6) is 0 Å². The maximum Gasteiger partial charge on any atom is 0.338 e. The first-order valence-corrected chi connectivity index (χ1v) is 6.95. The van der Waals surface area contributed by atoms with Crippen LogP contribution in [-0.2, 0) is 0 Å². The number of aromatic carboxylic acids is 2. The number of hydrogen-bond acceptors (Lipinski definition) is 3. The molecule has 4 N–H and O–H groups in total. The summed E-state index contributed by atoms with van der Waals surface area (Å²) in [4.78, 5) is 22.0. The van der Waals surface area contributed by atoms with Gasteiger partial charge in [-0.3, -0.25) is 0 Å². The van der Waals surface area contributed by atoms with Crippen LogP contribution < -0.4 is 5.73 Å². The second-order valence-corrected chi connectivity index (χ2v) is 5.95. The van der Waals surface area contributed by atoms with Gasteiger partial charge in [-0.05, 0) is 67.8 Å². The molecular weight excluding hydrogens is 555 g/mol. The van der Waals surface area contributed by atoms with Crippen LogP contribution in [0.25, 0.3) is 0 Å². The predicted molar refractivity (Wildman–Crippen MR) is 82.9 cm³/mol. The molecule has 0 bridgehead atoms. The van der Waals surface area contributed by atoms with Gasteiger partial charge in [-0.25, -0.2) is 9.59 Å². The van der Waals surface area contributed by atoms with Gasteiger partial charge in [0.2, 0.25) is 0 Å². The third kappa shape index (κ3) is 2.37. The number of hydrogen-bond donors (Lipinski definition) is 3. The van der Waals surface area contributed by atoms with Crippen molar-refractivity contribution in [3.63, 3.8) is 0 Å². The van der Waals surface area contributed by atoms with E-state index in [0.29, 0.717) is 10.7 Å². The van der Waals surface area contributed by atoms with Crippen LogP contribution in [0.15, 0.2) is 0 Å². The number of halogens is 3. The smallest absolute Gasteiger partial charge is 0.338 e. The first kappa shape index (κ1) is 14.2. The molecule has 1 rings (SSSR count). The van der Waals surface area contributed by atoms with Gasteiger partial charge in [0.05, 0.1) is 16.8 Å². The van der Waals surface area contributed by atoms with Crippen molar-refractivity contribution in [1.82, 2.24) is 0 Å². The van der Waals surface area contributed by atoms with Gasteiger partial charge in [0.15, 0.2) is 0 Å². The van der Waals surface area contributed by atoms with Crippen molar-refractivity contribution in [2.24, 2.45) is 0 Å². The van der Waals surface area contributed by atoms with E-state index in [-0.39, 0.29) is 16.8 Å². The standard InChI is InChI=1S/C8H4I3NO4/c9-3-1(7(13)14)6(12)2(8(15)16)4(10)5(3)11/h12H2,(H,13,14)(H,15,16). The molecule has 0 unspecified atom stereocenters. The molecule has 0 heterocycles. The molecule has 5 nitrogen and oxygen atoms in total. The van der Waals surface area contributed by atoms with Crippen LogP contribution >= 0.6 is 67.8 Å². The first-order chi connectivity index (χ1) is 7.29. The average molecular weight is 559 g/mol. The van der Waals surface area contributed by atoms with E-state index < -0.39 is 11.9 Å². The number of benzene rings is 1. The highest BCUT2D eigenvalue weighted by Gasteiger charge is 2.25. The van der Waals surface area contributed by atoms with Crippen molar-refractivity contribution in [1.29, 1.82) is 0 Å². The highest BCUT2D eigenvalue weighted by atomic mass is 127. The number of rotatable bonds is 2. The van der Waals surface area contributed by atoms with Crippen LogP contribution in [0.4, 0.5) is 5.69 Å². The largest absolute Gasteiger partial charge is 0.478 e. The first-order valence-electron chi connectivity index (χ1n) is 3.71. The highest BCUT2D eigenvalue weighted by Crippen LogP contribution is 2.33. The molecule has 0 atom stereocenters. The summed E-state index contributed by atoms with van der Waals surface area (Å²) in [6, 6.07) is 0. The molecule has 0 spiro atoms. The number of nitrogens with two attached hydrogens (primary N) is 1. The molecule has 0 fully saturated rings. The Labute approximate surface area is 131 Å². The zero-order chi connectivity index (χ0) is 12.6. The Kier molecular flexibility index (Phi) is 4.62. The average Bonchev–Trinajstić information content (AvgIpc) is 2.13. The summed E-state index contributed by atoms with van der Waals surface area (Å²) in [6.45, 7) is 0. The van der Waals surface area contributed by atoms with Crippen LogP contribution in [-0.4, -0.2) is 22.2 Å². The molecule has 0 aliphatic carbocycles. The minimum atomic E-state index is -1.22. The van der Waals surface area contributed by atoms with E-state index in [1.54, 1.807) is 0 Å². The predicted octanol–water partition coefficient (Wildman–Crippen LogP) is 2.48. The lowest BCUT2D eigenvalue weighted by molar-refractivity contribution is 0.0695. The van der Waals surface area contributed by atoms with Gasteiger partial charge in [0.25, 0.3) is 0 Å².